The van der Waals surface area contributed by atoms with Gasteiger partial charge in [0.25, 0.3) is 0 Å². The van der Waals surface area contributed by atoms with Crippen LogP contribution in [0, 0.1) is 0 Å². The van der Waals surface area contributed by atoms with E-state index in [4.69, 9.17) is 4.74 Å². The predicted octanol–water partition coefficient (Wildman–Crippen LogP) is 2.39. The number of amides is 1. The molecule has 2 aromatic heterocycles. The Kier molecular flexibility index (Phi) is 5.55. The lowest BCUT2D eigenvalue weighted by atomic mass is 10.3. The van der Waals surface area contributed by atoms with Crippen molar-refractivity contribution in [1.82, 2.24) is 19.9 Å². The molecule has 1 aromatic carbocycles. The summed E-state index contributed by atoms with van der Waals surface area (Å²) in [7, 11) is 1.67. The van der Waals surface area contributed by atoms with Crippen LogP contribution < -0.4 is 5.32 Å². The minimum absolute atomic E-state index is 0.0220. The largest absolute Gasteiger partial charge is 0.383 e. The fraction of sp³-hybridized carbons (Fsp3) is 0.353. The molecule has 126 valence electrons. The van der Waals surface area contributed by atoms with E-state index < -0.39 is 0 Å². The van der Waals surface area contributed by atoms with Crippen LogP contribution in [-0.2, 0) is 29.0 Å². The third kappa shape index (κ3) is 4.18. The molecule has 1 N–H and O–H groups in total. The van der Waals surface area contributed by atoms with Gasteiger partial charge in [0.15, 0.2) is 0 Å². The predicted molar refractivity (Wildman–Crippen MR) is 93.9 cm³/mol. The molecule has 0 aliphatic carbocycles. The molecule has 0 spiro atoms. The van der Waals surface area contributed by atoms with Gasteiger partial charge < -0.3 is 14.6 Å². The van der Waals surface area contributed by atoms with Crippen molar-refractivity contribution in [3.63, 3.8) is 0 Å². The number of hydrogen-bond acceptors (Lipinski definition) is 5. The SMILES string of the molecule is COCCn1cncc1CNC(=O)CCc1nc2ccccc2s1. The van der Waals surface area contributed by atoms with Crippen molar-refractivity contribution in [3.8, 4) is 0 Å². The van der Waals surface area contributed by atoms with E-state index >= 15 is 0 Å². The molecule has 24 heavy (non-hydrogen) atoms. The van der Waals surface area contributed by atoms with Crippen molar-refractivity contribution in [1.29, 1.82) is 0 Å². The second-order valence-electron chi connectivity index (χ2n) is 5.42. The number of para-hydroxylation sites is 1. The van der Waals surface area contributed by atoms with Crippen LogP contribution in [-0.4, -0.2) is 34.2 Å². The molecule has 1 amide bonds. The first-order chi connectivity index (χ1) is 11.8. The minimum Gasteiger partial charge on any atom is -0.383 e. The molecular weight excluding hydrogens is 324 g/mol. The molecule has 6 nitrogen and oxygen atoms in total. The maximum Gasteiger partial charge on any atom is 0.220 e. The third-order valence-electron chi connectivity index (χ3n) is 3.71. The van der Waals surface area contributed by atoms with E-state index in [1.165, 1.54) is 0 Å². The molecule has 0 radical (unpaired) electrons. The number of carbonyl (C=O) groups excluding carboxylic acids is 1. The van der Waals surface area contributed by atoms with Gasteiger partial charge in [0.05, 0.1) is 40.4 Å². The van der Waals surface area contributed by atoms with Gasteiger partial charge in [-0.3, -0.25) is 4.79 Å². The van der Waals surface area contributed by atoms with Crippen molar-refractivity contribution in [2.75, 3.05) is 13.7 Å². The topological polar surface area (TPSA) is 69.0 Å². The Hall–Kier alpha value is -2.25. The van der Waals surface area contributed by atoms with Crippen LogP contribution in [0.1, 0.15) is 17.1 Å². The van der Waals surface area contributed by atoms with Gasteiger partial charge in [0, 0.05) is 32.7 Å². The van der Waals surface area contributed by atoms with Gasteiger partial charge in [-0.2, -0.15) is 0 Å². The average Bonchev–Trinajstić information content (AvgIpc) is 3.22. The first kappa shape index (κ1) is 16.6. The van der Waals surface area contributed by atoms with Crippen LogP contribution in [0.4, 0.5) is 0 Å². The van der Waals surface area contributed by atoms with E-state index in [2.05, 4.69) is 21.4 Å². The Bertz CT molecular complexity index is 779. The molecule has 2 heterocycles. The fourth-order valence-electron chi connectivity index (χ4n) is 2.41. The summed E-state index contributed by atoms with van der Waals surface area (Å²) in [5, 5.41) is 3.94. The molecular formula is C17H20N4O2S. The number of aromatic nitrogens is 3. The van der Waals surface area contributed by atoms with Gasteiger partial charge in [-0.05, 0) is 12.1 Å². The molecule has 0 saturated carbocycles. The van der Waals surface area contributed by atoms with E-state index in [0.717, 1.165) is 27.5 Å². The first-order valence-electron chi connectivity index (χ1n) is 7.85. The molecule has 3 aromatic rings. The van der Waals surface area contributed by atoms with E-state index in [-0.39, 0.29) is 5.91 Å². The van der Waals surface area contributed by atoms with Gasteiger partial charge in [0.2, 0.25) is 5.91 Å². The second-order valence-corrected chi connectivity index (χ2v) is 6.54. The Labute approximate surface area is 144 Å². The molecule has 3 rings (SSSR count). The van der Waals surface area contributed by atoms with Gasteiger partial charge in [-0.25, -0.2) is 9.97 Å². The van der Waals surface area contributed by atoms with Crippen molar-refractivity contribution < 1.29 is 9.53 Å². The second kappa shape index (κ2) is 8.03. The zero-order valence-corrected chi connectivity index (χ0v) is 14.4. The molecule has 0 atom stereocenters. The first-order valence-corrected chi connectivity index (χ1v) is 8.67. The summed E-state index contributed by atoms with van der Waals surface area (Å²) >= 11 is 1.65. The van der Waals surface area contributed by atoms with Crippen molar-refractivity contribution >= 4 is 27.5 Å². The lowest BCUT2D eigenvalue weighted by molar-refractivity contribution is -0.121. The van der Waals surface area contributed by atoms with Crippen LogP contribution in [0.15, 0.2) is 36.8 Å². The number of hydrogen-bond donors (Lipinski definition) is 1. The number of fused-ring (bicyclic) bond motifs is 1. The van der Waals surface area contributed by atoms with E-state index in [1.54, 1.807) is 31.0 Å². The van der Waals surface area contributed by atoms with Gasteiger partial charge in [0.1, 0.15) is 0 Å². The Morgan fingerprint density at radius 3 is 3.08 bits per heavy atom. The minimum atomic E-state index is 0.0220. The summed E-state index contributed by atoms with van der Waals surface area (Å²) in [5.41, 5.74) is 1.97. The lowest BCUT2D eigenvalue weighted by Gasteiger charge is -2.08. The highest BCUT2D eigenvalue weighted by molar-refractivity contribution is 7.18. The van der Waals surface area contributed by atoms with Crippen LogP contribution in [0.25, 0.3) is 10.2 Å². The van der Waals surface area contributed by atoms with Crippen LogP contribution >= 0.6 is 11.3 Å². The molecule has 0 fully saturated rings. The zero-order chi connectivity index (χ0) is 16.8. The number of carbonyl (C=O) groups is 1. The third-order valence-corrected chi connectivity index (χ3v) is 4.80. The smallest absolute Gasteiger partial charge is 0.220 e. The van der Waals surface area contributed by atoms with Crippen molar-refractivity contribution in [2.45, 2.75) is 25.9 Å². The number of nitrogens with one attached hydrogen (secondary N) is 1. The highest BCUT2D eigenvalue weighted by atomic mass is 32.1. The fourth-order valence-corrected chi connectivity index (χ4v) is 3.38. The zero-order valence-electron chi connectivity index (χ0n) is 13.6. The van der Waals surface area contributed by atoms with Crippen LogP contribution in [0.2, 0.25) is 0 Å². The van der Waals surface area contributed by atoms with E-state index in [0.29, 0.717) is 26.0 Å². The van der Waals surface area contributed by atoms with Crippen molar-refractivity contribution in [2.24, 2.45) is 0 Å². The van der Waals surface area contributed by atoms with Crippen LogP contribution in [0.3, 0.4) is 0 Å². The standard InChI is InChI=1S/C17H20N4O2S/c1-23-9-8-21-12-18-10-13(21)11-19-16(22)6-7-17-20-14-4-2-3-5-15(14)24-17/h2-5,10,12H,6-9,11H2,1H3,(H,19,22). The Balaban J connectivity index is 1.48. The van der Waals surface area contributed by atoms with Crippen LogP contribution in [0.5, 0.6) is 0 Å². The number of thiazole rings is 1. The highest BCUT2D eigenvalue weighted by Crippen LogP contribution is 2.22. The molecule has 0 bridgehead atoms. The monoisotopic (exact) mass is 344 g/mol. The number of aryl methyl sites for hydroxylation is 1. The molecule has 7 heteroatoms. The summed E-state index contributed by atoms with van der Waals surface area (Å²) in [6.07, 6.45) is 4.62. The van der Waals surface area contributed by atoms with Crippen molar-refractivity contribution in [3.05, 3.63) is 47.5 Å². The summed E-state index contributed by atoms with van der Waals surface area (Å²) < 4.78 is 8.21. The number of imidazole rings is 1. The summed E-state index contributed by atoms with van der Waals surface area (Å²) in [6, 6.07) is 8.03. The van der Waals surface area contributed by atoms with Gasteiger partial charge >= 0.3 is 0 Å². The number of ether oxygens (including phenoxy) is 1. The average molecular weight is 344 g/mol. The molecule has 0 saturated heterocycles. The quantitative estimate of drug-likeness (QED) is 0.681. The highest BCUT2D eigenvalue weighted by Gasteiger charge is 2.08. The lowest BCUT2D eigenvalue weighted by Crippen LogP contribution is -2.24. The van der Waals surface area contributed by atoms with Gasteiger partial charge in [-0.15, -0.1) is 11.3 Å². The number of methoxy groups -OCH3 is 1. The number of nitrogens with zero attached hydrogens (tertiary/aromatic N) is 3. The number of benzene rings is 1. The van der Waals surface area contributed by atoms with Gasteiger partial charge in [-0.1, -0.05) is 12.1 Å². The number of rotatable bonds is 8. The van der Waals surface area contributed by atoms with E-state index in [1.807, 2.05) is 22.8 Å². The molecule has 0 unspecified atom stereocenters. The summed E-state index contributed by atoms with van der Waals surface area (Å²) in [6.45, 7) is 1.82. The Morgan fingerprint density at radius 1 is 1.38 bits per heavy atom. The summed E-state index contributed by atoms with van der Waals surface area (Å²) in [4.78, 5) is 20.7. The Morgan fingerprint density at radius 2 is 2.25 bits per heavy atom. The van der Waals surface area contributed by atoms with E-state index in [9.17, 15) is 4.79 Å². The normalized spacial score (nSPS) is 11.0. The maximum atomic E-state index is 12.1. The maximum absolute atomic E-state index is 12.1. The molecule has 0 aliphatic heterocycles. The molecule has 0 aliphatic rings. The summed E-state index contributed by atoms with van der Waals surface area (Å²) in [5.74, 6) is 0.0220.